The summed E-state index contributed by atoms with van der Waals surface area (Å²) < 4.78 is 10.8. The van der Waals surface area contributed by atoms with Crippen LogP contribution in [0.1, 0.15) is 27.2 Å². The van der Waals surface area contributed by atoms with E-state index in [1.54, 1.807) is 18.2 Å². The fraction of sp³-hybridized carbons (Fsp3) is 0.474. The van der Waals surface area contributed by atoms with Gasteiger partial charge in [0.05, 0.1) is 7.11 Å². The topological polar surface area (TPSA) is 63.7 Å². The molecule has 6 heteroatoms. The van der Waals surface area contributed by atoms with Gasteiger partial charge in [-0.1, -0.05) is 12.1 Å². The molecule has 0 spiro atoms. The van der Waals surface area contributed by atoms with Gasteiger partial charge in [-0.05, 0) is 39.3 Å². The molecule has 0 unspecified atom stereocenters. The van der Waals surface area contributed by atoms with Gasteiger partial charge in [0.15, 0.2) is 0 Å². The zero-order valence-corrected chi connectivity index (χ0v) is 15.2. The molecule has 1 saturated heterocycles. The fourth-order valence-electron chi connectivity index (χ4n) is 3.03. The van der Waals surface area contributed by atoms with Crippen LogP contribution >= 0.6 is 0 Å². The van der Waals surface area contributed by atoms with Crippen LogP contribution in [-0.4, -0.2) is 47.8 Å². The molecular formula is C19H25N3O3. The van der Waals surface area contributed by atoms with E-state index in [-0.39, 0.29) is 12.1 Å². The lowest BCUT2D eigenvalue weighted by Crippen LogP contribution is -2.36. The number of rotatable bonds is 3. The van der Waals surface area contributed by atoms with Gasteiger partial charge in [0, 0.05) is 36.4 Å². The molecular weight excluding hydrogens is 318 g/mol. The van der Waals surface area contributed by atoms with Crippen molar-refractivity contribution in [1.29, 1.82) is 0 Å². The Bertz CT molecular complexity index is 770. The Kier molecular flexibility index (Phi) is 4.70. The molecule has 1 fully saturated rings. The van der Waals surface area contributed by atoms with Crippen molar-refractivity contribution in [3.05, 3.63) is 30.5 Å². The molecule has 25 heavy (non-hydrogen) atoms. The van der Waals surface area contributed by atoms with Gasteiger partial charge < -0.3 is 19.7 Å². The number of nitrogens with zero attached hydrogens (tertiary/aromatic N) is 2. The lowest BCUT2D eigenvalue weighted by atomic mass is 10.1. The number of hydrogen-bond donors (Lipinski definition) is 1. The SMILES string of the molecule is COc1cccc2c(N[C@@H]3CCN(C(=O)OC(C)(C)C)C3)ccnc12. The maximum atomic E-state index is 12.2. The second kappa shape index (κ2) is 6.78. The first-order valence-corrected chi connectivity index (χ1v) is 8.53. The second-order valence-electron chi connectivity index (χ2n) is 7.27. The average Bonchev–Trinajstić information content (AvgIpc) is 3.02. The molecule has 3 rings (SSSR count). The molecule has 0 radical (unpaired) electrons. The van der Waals surface area contributed by atoms with Crippen LogP contribution in [0.25, 0.3) is 10.9 Å². The summed E-state index contributed by atoms with van der Waals surface area (Å²) in [7, 11) is 1.65. The zero-order valence-electron chi connectivity index (χ0n) is 15.2. The van der Waals surface area contributed by atoms with Crippen molar-refractivity contribution >= 4 is 22.7 Å². The van der Waals surface area contributed by atoms with Crippen LogP contribution in [0.4, 0.5) is 10.5 Å². The number of anilines is 1. The highest BCUT2D eigenvalue weighted by molar-refractivity contribution is 5.94. The quantitative estimate of drug-likeness (QED) is 0.921. The molecule has 1 aliphatic heterocycles. The maximum Gasteiger partial charge on any atom is 0.410 e. The van der Waals surface area contributed by atoms with Gasteiger partial charge in [0.25, 0.3) is 0 Å². The lowest BCUT2D eigenvalue weighted by molar-refractivity contribution is 0.0293. The largest absolute Gasteiger partial charge is 0.494 e. The number of aromatic nitrogens is 1. The summed E-state index contributed by atoms with van der Waals surface area (Å²) in [4.78, 5) is 18.4. The standard InChI is InChI=1S/C19H25N3O3/c1-19(2,3)25-18(23)22-11-9-13(12-22)21-15-8-10-20-17-14(15)6-5-7-16(17)24-4/h5-8,10,13H,9,11-12H2,1-4H3,(H,20,21)/t13-/m1/s1. The highest BCUT2D eigenvalue weighted by Crippen LogP contribution is 2.30. The Morgan fingerprint density at radius 1 is 1.32 bits per heavy atom. The Labute approximate surface area is 148 Å². The van der Waals surface area contributed by atoms with Crippen LogP contribution in [0.15, 0.2) is 30.5 Å². The number of methoxy groups -OCH3 is 1. The molecule has 1 atom stereocenters. The number of ether oxygens (including phenoxy) is 2. The van der Waals surface area contributed by atoms with Crippen LogP contribution < -0.4 is 10.1 Å². The van der Waals surface area contributed by atoms with E-state index < -0.39 is 5.60 Å². The van der Waals surface area contributed by atoms with Crippen LogP contribution in [0.3, 0.4) is 0 Å². The van der Waals surface area contributed by atoms with Crippen molar-refractivity contribution < 1.29 is 14.3 Å². The Morgan fingerprint density at radius 3 is 2.84 bits per heavy atom. The highest BCUT2D eigenvalue weighted by atomic mass is 16.6. The number of fused-ring (bicyclic) bond motifs is 1. The molecule has 1 N–H and O–H groups in total. The van der Waals surface area contributed by atoms with Gasteiger partial charge in [0.2, 0.25) is 0 Å². The van der Waals surface area contributed by atoms with Gasteiger partial charge in [0.1, 0.15) is 16.9 Å². The van der Waals surface area contributed by atoms with Crippen LogP contribution in [-0.2, 0) is 4.74 Å². The number of pyridine rings is 1. The molecule has 0 saturated carbocycles. The molecule has 2 heterocycles. The normalized spacial score (nSPS) is 17.6. The van der Waals surface area contributed by atoms with Crippen molar-refractivity contribution in [3.63, 3.8) is 0 Å². The first kappa shape index (κ1) is 17.3. The zero-order chi connectivity index (χ0) is 18.0. The minimum absolute atomic E-state index is 0.185. The van der Waals surface area contributed by atoms with Gasteiger partial charge in [-0.3, -0.25) is 4.98 Å². The fourth-order valence-corrected chi connectivity index (χ4v) is 3.03. The molecule has 1 aromatic carbocycles. The van der Waals surface area contributed by atoms with E-state index in [1.807, 2.05) is 45.0 Å². The third-order valence-corrected chi connectivity index (χ3v) is 4.15. The third-order valence-electron chi connectivity index (χ3n) is 4.15. The third kappa shape index (κ3) is 3.95. The van der Waals surface area contributed by atoms with Crippen LogP contribution in [0.2, 0.25) is 0 Å². The van der Waals surface area contributed by atoms with Gasteiger partial charge >= 0.3 is 6.09 Å². The van der Waals surface area contributed by atoms with Gasteiger partial charge in [-0.2, -0.15) is 0 Å². The Morgan fingerprint density at radius 2 is 2.12 bits per heavy atom. The molecule has 0 aliphatic carbocycles. The van der Waals surface area contributed by atoms with E-state index in [0.29, 0.717) is 13.1 Å². The van der Waals surface area contributed by atoms with Gasteiger partial charge in [-0.15, -0.1) is 0 Å². The number of para-hydroxylation sites is 1. The van der Waals surface area contributed by atoms with E-state index in [0.717, 1.165) is 28.8 Å². The van der Waals surface area contributed by atoms with E-state index >= 15 is 0 Å². The monoisotopic (exact) mass is 343 g/mol. The number of likely N-dealkylation sites (tertiary alicyclic amines) is 1. The number of carbonyl (C=O) groups is 1. The Hall–Kier alpha value is -2.50. The molecule has 1 aliphatic rings. The summed E-state index contributed by atoms with van der Waals surface area (Å²) in [5.74, 6) is 0.753. The number of hydrogen-bond acceptors (Lipinski definition) is 5. The number of benzene rings is 1. The van der Waals surface area contributed by atoms with Crippen LogP contribution in [0.5, 0.6) is 5.75 Å². The smallest absolute Gasteiger partial charge is 0.410 e. The maximum absolute atomic E-state index is 12.2. The van der Waals surface area contributed by atoms with Crippen molar-refractivity contribution in [1.82, 2.24) is 9.88 Å². The predicted molar refractivity (Wildman–Crippen MR) is 98.1 cm³/mol. The highest BCUT2D eigenvalue weighted by Gasteiger charge is 2.29. The molecule has 0 bridgehead atoms. The summed E-state index contributed by atoms with van der Waals surface area (Å²) in [6.45, 7) is 6.97. The van der Waals surface area contributed by atoms with Crippen LogP contribution in [0, 0.1) is 0 Å². The van der Waals surface area contributed by atoms with Crippen molar-refractivity contribution in [2.75, 3.05) is 25.5 Å². The van der Waals surface area contributed by atoms with E-state index in [1.165, 1.54) is 0 Å². The average molecular weight is 343 g/mol. The molecule has 134 valence electrons. The molecule has 2 aromatic rings. The summed E-state index contributed by atoms with van der Waals surface area (Å²) >= 11 is 0. The minimum Gasteiger partial charge on any atom is -0.494 e. The minimum atomic E-state index is -0.472. The molecule has 1 amide bonds. The number of carbonyl (C=O) groups excluding carboxylic acids is 1. The number of nitrogens with one attached hydrogen (secondary N) is 1. The first-order chi connectivity index (χ1) is 11.9. The van der Waals surface area contributed by atoms with E-state index in [4.69, 9.17) is 9.47 Å². The summed E-state index contributed by atoms with van der Waals surface area (Å²) in [6, 6.07) is 8.02. The van der Waals surface area contributed by atoms with E-state index in [9.17, 15) is 4.79 Å². The number of amides is 1. The first-order valence-electron chi connectivity index (χ1n) is 8.53. The summed E-state index contributed by atoms with van der Waals surface area (Å²) in [5, 5.41) is 4.55. The molecule has 1 aromatic heterocycles. The van der Waals surface area contributed by atoms with Gasteiger partial charge in [-0.25, -0.2) is 4.79 Å². The van der Waals surface area contributed by atoms with Crippen molar-refractivity contribution in [2.24, 2.45) is 0 Å². The summed E-state index contributed by atoms with van der Waals surface area (Å²) in [6.07, 6.45) is 2.40. The molecule has 6 nitrogen and oxygen atoms in total. The Balaban J connectivity index is 1.72. The predicted octanol–water partition coefficient (Wildman–Crippen LogP) is 3.66. The summed E-state index contributed by atoms with van der Waals surface area (Å²) in [5.41, 5.74) is 1.36. The van der Waals surface area contributed by atoms with Crippen molar-refractivity contribution in [2.45, 2.75) is 38.8 Å². The second-order valence-corrected chi connectivity index (χ2v) is 7.27. The van der Waals surface area contributed by atoms with Crippen molar-refractivity contribution in [3.8, 4) is 5.75 Å². The van der Waals surface area contributed by atoms with E-state index in [2.05, 4.69) is 10.3 Å². The lowest BCUT2D eigenvalue weighted by Gasteiger charge is -2.24.